The average molecular weight is 410 g/mol. The Hall–Kier alpha value is 0.300. The molecule has 0 aliphatic carbocycles. The van der Waals surface area contributed by atoms with E-state index in [0.29, 0.717) is 20.1 Å². The van der Waals surface area contributed by atoms with Crippen molar-refractivity contribution in [3.05, 3.63) is 42.3 Å². The molecule has 0 saturated carbocycles. The third-order valence-corrected chi connectivity index (χ3v) is 9.08. The van der Waals surface area contributed by atoms with Crippen LogP contribution in [0.25, 0.3) is 0 Å². The molecule has 116 valence electrons. The molecule has 0 radical (unpaired) electrons. The van der Waals surface area contributed by atoms with E-state index in [2.05, 4.69) is 0 Å². The third-order valence-electron chi connectivity index (χ3n) is 3.89. The lowest BCUT2D eigenvalue weighted by atomic mass is 10.1. The molecule has 0 saturated heterocycles. The van der Waals surface area contributed by atoms with Gasteiger partial charge in [-0.25, -0.2) is 0 Å². The van der Waals surface area contributed by atoms with Crippen LogP contribution >= 0.6 is 69.9 Å². The van der Waals surface area contributed by atoms with E-state index in [1.807, 2.05) is 27.7 Å². The normalized spacial score (nSPS) is 13.1. The maximum absolute atomic E-state index is 6.37. The van der Waals surface area contributed by atoms with Crippen LogP contribution in [0.4, 0.5) is 0 Å². The molecule has 1 aliphatic rings. The molecule has 0 aromatic heterocycles. The molecule has 0 bridgehead atoms. The molecular weight excluding hydrogens is 398 g/mol. The lowest BCUT2D eigenvalue weighted by molar-refractivity contribution is 1.05. The van der Waals surface area contributed by atoms with E-state index in [0.717, 1.165) is 41.8 Å². The standard InChI is InChI=1S/C16H12Cl4S2/c1-5-9(17)10(18)6(2)14-13(5)21-15-7(3)11(19)12(20)8(4)16(15)22-14/h1-4H3. The number of hydrogen-bond donors (Lipinski definition) is 0. The van der Waals surface area contributed by atoms with Gasteiger partial charge < -0.3 is 0 Å². The van der Waals surface area contributed by atoms with Crippen LogP contribution in [0, 0.1) is 27.7 Å². The molecule has 0 unspecified atom stereocenters. The number of hydrogen-bond acceptors (Lipinski definition) is 2. The van der Waals surface area contributed by atoms with Crippen molar-refractivity contribution >= 4 is 69.9 Å². The van der Waals surface area contributed by atoms with Gasteiger partial charge in [0.05, 0.1) is 20.1 Å². The van der Waals surface area contributed by atoms with Crippen LogP contribution in [0.3, 0.4) is 0 Å². The Labute approximate surface area is 158 Å². The molecule has 2 aromatic carbocycles. The third kappa shape index (κ3) is 2.39. The lowest BCUT2D eigenvalue weighted by Crippen LogP contribution is -2.01. The second-order valence-corrected chi connectivity index (χ2v) is 8.83. The first-order valence-electron chi connectivity index (χ1n) is 6.57. The van der Waals surface area contributed by atoms with Gasteiger partial charge >= 0.3 is 0 Å². The Bertz CT molecular complexity index is 693. The highest BCUT2D eigenvalue weighted by molar-refractivity contribution is 8.05. The molecule has 0 N–H and O–H groups in total. The van der Waals surface area contributed by atoms with Gasteiger partial charge in [0.15, 0.2) is 0 Å². The van der Waals surface area contributed by atoms with Crippen molar-refractivity contribution in [2.75, 3.05) is 0 Å². The molecule has 1 heterocycles. The molecule has 2 aromatic rings. The predicted molar refractivity (Wildman–Crippen MR) is 100 cm³/mol. The van der Waals surface area contributed by atoms with Crippen LogP contribution in [0.5, 0.6) is 0 Å². The van der Waals surface area contributed by atoms with Crippen molar-refractivity contribution in [1.82, 2.24) is 0 Å². The minimum Gasteiger partial charge on any atom is -0.0870 e. The minimum atomic E-state index is 0.629. The molecule has 0 amide bonds. The van der Waals surface area contributed by atoms with E-state index in [1.165, 1.54) is 0 Å². The van der Waals surface area contributed by atoms with Crippen LogP contribution < -0.4 is 0 Å². The van der Waals surface area contributed by atoms with E-state index < -0.39 is 0 Å². The van der Waals surface area contributed by atoms with Gasteiger partial charge in [0, 0.05) is 19.6 Å². The van der Waals surface area contributed by atoms with Gasteiger partial charge in [-0.05, 0) is 49.9 Å². The lowest BCUT2D eigenvalue weighted by Gasteiger charge is -2.27. The molecule has 3 rings (SSSR count). The zero-order valence-corrected chi connectivity index (χ0v) is 17.0. The maximum atomic E-state index is 6.37. The molecule has 22 heavy (non-hydrogen) atoms. The number of halogens is 4. The predicted octanol–water partition coefficient (Wildman–Crippen LogP) is 8.15. The molecule has 0 fully saturated rings. The van der Waals surface area contributed by atoms with Crippen molar-refractivity contribution in [1.29, 1.82) is 0 Å². The number of benzene rings is 2. The van der Waals surface area contributed by atoms with Gasteiger partial charge in [-0.3, -0.25) is 0 Å². The summed E-state index contributed by atoms with van der Waals surface area (Å²) >= 11 is 28.9. The van der Waals surface area contributed by atoms with Gasteiger partial charge in [-0.1, -0.05) is 69.9 Å². The van der Waals surface area contributed by atoms with Gasteiger partial charge in [0.25, 0.3) is 0 Å². The minimum absolute atomic E-state index is 0.629. The highest BCUT2D eigenvalue weighted by atomic mass is 35.5. The van der Waals surface area contributed by atoms with Crippen LogP contribution in [0.1, 0.15) is 22.3 Å². The number of rotatable bonds is 0. The van der Waals surface area contributed by atoms with Gasteiger partial charge in [-0.2, -0.15) is 0 Å². The molecule has 0 spiro atoms. The zero-order valence-electron chi connectivity index (χ0n) is 12.3. The van der Waals surface area contributed by atoms with Crippen molar-refractivity contribution in [2.45, 2.75) is 47.3 Å². The smallest absolute Gasteiger partial charge is 0.0636 e. The number of fused-ring (bicyclic) bond motifs is 2. The Morgan fingerprint density at radius 2 is 0.636 bits per heavy atom. The summed E-state index contributed by atoms with van der Waals surface area (Å²) in [5, 5.41) is 2.51. The topological polar surface area (TPSA) is 0 Å². The summed E-state index contributed by atoms with van der Waals surface area (Å²) in [5.41, 5.74) is 4.05. The Morgan fingerprint density at radius 3 is 0.818 bits per heavy atom. The summed E-state index contributed by atoms with van der Waals surface area (Å²) in [5.74, 6) is 0. The van der Waals surface area contributed by atoms with Crippen LogP contribution in [0.15, 0.2) is 19.6 Å². The van der Waals surface area contributed by atoms with E-state index in [-0.39, 0.29) is 0 Å². The van der Waals surface area contributed by atoms with E-state index in [4.69, 9.17) is 46.4 Å². The molecular formula is C16H12Cl4S2. The quantitative estimate of drug-likeness (QED) is 0.367. The summed E-state index contributed by atoms with van der Waals surface area (Å²) < 4.78 is 0. The SMILES string of the molecule is Cc1c(Cl)c(Cl)c(C)c2c1Sc1c(C)c(Cl)c(Cl)c(C)c1S2. The Kier molecular flexibility index (Phi) is 4.66. The van der Waals surface area contributed by atoms with Gasteiger partial charge in [-0.15, -0.1) is 0 Å². The summed E-state index contributed by atoms with van der Waals surface area (Å²) in [6.07, 6.45) is 0. The van der Waals surface area contributed by atoms with Gasteiger partial charge in [0.2, 0.25) is 0 Å². The largest absolute Gasteiger partial charge is 0.0870 e. The summed E-state index contributed by atoms with van der Waals surface area (Å²) in [6, 6.07) is 0. The molecule has 6 heteroatoms. The van der Waals surface area contributed by atoms with Crippen LogP contribution in [-0.2, 0) is 0 Å². The van der Waals surface area contributed by atoms with Crippen LogP contribution in [-0.4, -0.2) is 0 Å². The fourth-order valence-corrected chi connectivity index (χ4v) is 6.52. The first-order chi connectivity index (χ1) is 10.3. The monoisotopic (exact) mass is 408 g/mol. The summed E-state index contributed by atoms with van der Waals surface area (Å²) in [6.45, 7) is 8.02. The molecule has 1 aliphatic heterocycles. The molecule has 0 nitrogen and oxygen atoms in total. The highest BCUT2D eigenvalue weighted by Crippen LogP contribution is 2.57. The van der Waals surface area contributed by atoms with Crippen molar-refractivity contribution < 1.29 is 0 Å². The second-order valence-electron chi connectivity index (χ2n) is 5.28. The second kappa shape index (κ2) is 5.98. The van der Waals surface area contributed by atoms with Crippen molar-refractivity contribution in [3.8, 4) is 0 Å². The maximum Gasteiger partial charge on any atom is 0.0636 e. The van der Waals surface area contributed by atoms with E-state index >= 15 is 0 Å². The fourth-order valence-electron chi connectivity index (χ4n) is 2.43. The Morgan fingerprint density at radius 1 is 0.455 bits per heavy atom. The average Bonchev–Trinajstić information content (AvgIpc) is 2.52. The van der Waals surface area contributed by atoms with Crippen LogP contribution in [0.2, 0.25) is 20.1 Å². The van der Waals surface area contributed by atoms with Gasteiger partial charge in [0.1, 0.15) is 0 Å². The van der Waals surface area contributed by atoms with Crippen molar-refractivity contribution in [2.24, 2.45) is 0 Å². The summed E-state index contributed by atoms with van der Waals surface area (Å²) in [4.78, 5) is 4.63. The highest BCUT2D eigenvalue weighted by Gasteiger charge is 2.28. The van der Waals surface area contributed by atoms with E-state index in [1.54, 1.807) is 23.5 Å². The first kappa shape index (κ1) is 17.1. The van der Waals surface area contributed by atoms with Crippen molar-refractivity contribution in [3.63, 3.8) is 0 Å². The molecule has 0 atom stereocenters. The Balaban J connectivity index is 2.32. The van der Waals surface area contributed by atoms with E-state index in [9.17, 15) is 0 Å². The first-order valence-corrected chi connectivity index (χ1v) is 9.72. The zero-order chi connectivity index (χ0) is 16.3. The summed E-state index contributed by atoms with van der Waals surface area (Å²) in [7, 11) is 0. The fraction of sp³-hybridized carbons (Fsp3) is 0.250.